The molecule has 0 aromatic heterocycles. The predicted molar refractivity (Wildman–Crippen MR) is 47.6 cm³/mol. The first-order valence-corrected chi connectivity index (χ1v) is 4.79. The summed E-state index contributed by atoms with van der Waals surface area (Å²) >= 11 is 0. The Hall–Kier alpha value is -0.255. The second kappa shape index (κ2) is 4.55. The van der Waals surface area contributed by atoms with Crippen molar-refractivity contribution in [2.45, 2.75) is 11.9 Å². The SMILES string of the molecule is COC1(O)OB2OC1(OCCOCCO)O2. The fraction of sp³-hybridized carbons (Fsp3) is 1.00. The second-order valence-electron chi connectivity index (χ2n) is 3.17. The van der Waals surface area contributed by atoms with E-state index in [0.717, 1.165) is 0 Å². The summed E-state index contributed by atoms with van der Waals surface area (Å²) in [6, 6.07) is 0. The topological polar surface area (TPSA) is 95.8 Å². The van der Waals surface area contributed by atoms with Gasteiger partial charge in [-0.05, 0) is 0 Å². The Labute approximate surface area is 92.1 Å². The highest BCUT2D eigenvalue weighted by molar-refractivity contribution is 6.40. The fourth-order valence-corrected chi connectivity index (χ4v) is 1.40. The Bertz CT molecular complexity index is 245. The first kappa shape index (κ1) is 12.2. The smallest absolute Gasteiger partial charge is 0.394 e. The van der Waals surface area contributed by atoms with E-state index in [1.54, 1.807) is 0 Å². The van der Waals surface area contributed by atoms with Crippen LogP contribution in [0.25, 0.3) is 0 Å². The molecule has 0 aliphatic carbocycles. The average molecular weight is 236 g/mol. The Kier molecular flexibility index (Phi) is 3.47. The molecule has 0 aromatic carbocycles. The lowest BCUT2D eigenvalue weighted by atomic mass is 10.2. The van der Waals surface area contributed by atoms with Crippen LogP contribution in [0.15, 0.2) is 0 Å². The third kappa shape index (κ3) is 1.85. The van der Waals surface area contributed by atoms with Crippen molar-refractivity contribution in [3.63, 3.8) is 0 Å². The van der Waals surface area contributed by atoms with Crippen LogP contribution in [0.3, 0.4) is 0 Å². The molecular formula is C7H13BO8. The first-order valence-electron chi connectivity index (χ1n) is 4.79. The van der Waals surface area contributed by atoms with Crippen molar-refractivity contribution in [2.24, 2.45) is 0 Å². The third-order valence-corrected chi connectivity index (χ3v) is 2.18. The van der Waals surface area contributed by atoms with Crippen LogP contribution in [0, 0.1) is 0 Å². The van der Waals surface area contributed by atoms with E-state index >= 15 is 0 Å². The van der Waals surface area contributed by atoms with Crippen LogP contribution in [0.2, 0.25) is 0 Å². The molecule has 0 amide bonds. The molecule has 92 valence electrons. The summed E-state index contributed by atoms with van der Waals surface area (Å²) in [7, 11) is 0.268. The predicted octanol–water partition coefficient (Wildman–Crippen LogP) is -1.98. The Morgan fingerprint density at radius 1 is 1.19 bits per heavy atom. The third-order valence-electron chi connectivity index (χ3n) is 2.18. The van der Waals surface area contributed by atoms with Gasteiger partial charge in [0.2, 0.25) is 0 Å². The molecule has 3 aliphatic heterocycles. The molecule has 3 rings (SSSR count). The van der Waals surface area contributed by atoms with Crippen LogP contribution in [-0.2, 0) is 28.2 Å². The molecule has 3 aliphatic rings. The summed E-state index contributed by atoms with van der Waals surface area (Å²) in [4.78, 5) is 0. The van der Waals surface area contributed by atoms with Crippen molar-refractivity contribution in [3.8, 4) is 0 Å². The van der Waals surface area contributed by atoms with Crippen molar-refractivity contribution >= 4 is 7.32 Å². The van der Waals surface area contributed by atoms with E-state index in [0.29, 0.717) is 0 Å². The number of hydrogen-bond acceptors (Lipinski definition) is 8. The molecule has 0 aromatic rings. The van der Waals surface area contributed by atoms with E-state index in [9.17, 15) is 5.11 Å². The highest BCUT2D eigenvalue weighted by Gasteiger charge is 2.78. The first-order chi connectivity index (χ1) is 7.66. The number of aliphatic hydroxyl groups is 2. The van der Waals surface area contributed by atoms with Crippen LogP contribution in [0.5, 0.6) is 0 Å². The van der Waals surface area contributed by atoms with Crippen molar-refractivity contribution in [1.29, 1.82) is 0 Å². The van der Waals surface area contributed by atoms with Crippen molar-refractivity contribution in [1.82, 2.24) is 0 Å². The molecule has 1 atom stereocenters. The molecule has 8 nitrogen and oxygen atoms in total. The Balaban J connectivity index is 1.76. The number of fused-ring (bicyclic) bond motifs is 1. The highest BCUT2D eigenvalue weighted by atomic mass is 17.1. The molecule has 3 fully saturated rings. The Morgan fingerprint density at radius 2 is 1.94 bits per heavy atom. The zero-order chi connectivity index (χ0) is 11.6. The van der Waals surface area contributed by atoms with Crippen LogP contribution in [-0.4, -0.2) is 63.0 Å². The van der Waals surface area contributed by atoms with Gasteiger partial charge in [-0.2, -0.15) is 0 Å². The van der Waals surface area contributed by atoms with E-state index in [1.165, 1.54) is 7.11 Å². The van der Waals surface area contributed by atoms with Gasteiger partial charge in [0.25, 0.3) is 0 Å². The van der Waals surface area contributed by atoms with Gasteiger partial charge in [-0.3, -0.25) is 0 Å². The minimum Gasteiger partial charge on any atom is -0.394 e. The summed E-state index contributed by atoms with van der Waals surface area (Å²) in [6.07, 6.45) is 0. The normalized spacial score (nSPS) is 36.6. The monoisotopic (exact) mass is 236 g/mol. The van der Waals surface area contributed by atoms with E-state index in [-0.39, 0.29) is 26.4 Å². The van der Waals surface area contributed by atoms with Gasteiger partial charge in [-0.1, -0.05) is 0 Å². The molecular weight excluding hydrogens is 223 g/mol. The highest BCUT2D eigenvalue weighted by Crippen LogP contribution is 2.47. The van der Waals surface area contributed by atoms with Gasteiger partial charge < -0.3 is 38.4 Å². The van der Waals surface area contributed by atoms with E-state index in [4.69, 9.17) is 33.3 Å². The maximum Gasteiger partial charge on any atom is 0.651 e. The van der Waals surface area contributed by atoms with Crippen LogP contribution in [0.1, 0.15) is 0 Å². The lowest BCUT2D eigenvalue weighted by Gasteiger charge is -2.38. The summed E-state index contributed by atoms with van der Waals surface area (Å²) in [6.45, 7) is 0.471. The number of methoxy groups -OCH3 is 1. The van der Waals surface area contributed by atoms with Gasteiger partial charge in [0.15, 0.2) is 0 Å². The van der Waals surface area contributed by atoms with E-state index in [2.05, 4.69) is 0 Å². The molecule has 0 radical (unpaired) electrons. The molecule has 3 saturated heterocycles. The zero-order valence-electron chi connectivity index (χ0n) is 8.75. The molecule has 2 N–H and O–H groups in total. The van der Waals surface area contributed by atoms with Crippen LogP contribution in [0.4, 0.5) is 0 Å². The zero-order valence-corrected chi connectivity index (χ0v) is 8.75. The standard InChI is InChI=1S/C7H13BO8/c1-11-6(10)7(15-8(14-6)16-7)13-5-4-12-3-2-9/h9-10H,2-5H2,1H3. The largest absolute Gasteiger partial charge is 0.651 e. The van der Waals surface area contributed by atoms with E-state index < -0.39 is 19.3 Å². The Morgan fingerprint density at radius 3 is 2.56 bits per heavy atom. The fourth-order valence-electron chi connectivity index (χ4n) is 1.40. The molecule has 3 heterocycles. The van der Waals surface area contributed by atoms with Crippen molar-refractivity contribution in [3.05, 3.63) is 0 Å². The summed E-state index contributed by atoms with van der Waals surface area (Å²) in [5, 5.41) is 18.2. The van der Waals surface area contributed by atoms with Crippen molar-refractivity contribution in [2.75, 3.05) is 33.5 Å². The molecule has 9 heteroatoms. The summed E-state index contributed by atoms with van der Waals surface area (Å²) in [5.41, 5.74) is 0. The van der Waals surface area contributed by atoms with Gasteiger partial charge in [0.1, 0.15) is 0 Å². The number of ether oxygens (including phenoxy) is 3. The van der Waals surface area contributed by atoms with Gasteiger partial charge in [0.05, 0.1) is 26.4 Å². The summed E-state index contributed by atoms with van der Waals surface area (Å²) < 4.78 is 29.7. The van der Waals surface area contributed by atoms with Crippen LogP contribution >= 0.6 is 0 Å². The average Bonchev–Trinajstić information content (AvgIpc) is 2.66. The van der Waals surface area contributed by atoms with Crippen LogP contribution < -0.4 is 0 Å². The minimum atomic E-state index is -2.06. The molecule has 0 spiro atoms. The van der Waals surface area contributed by atoms with Gasteiger partial charge >= 0.3 is 19.3 Å². The molecule has 16 heavy (non-hydrogen) atoms. The maximum atomic E-state index is 9.76. The van der Waals surface area contributed by atoms with E-state index in [1.807, 2.05) is 0 Å². The molecule has 0 saturated carbocycles. The van der Waals surface area contributed by atoms with Crippen molar-refractivity contribution < 1.29 is 38.4 Å². The number of aliphatic hydroxyl groups excluding tert-OH is 1. The lowest BCUT2D eigenvalue weighted by Crippen LogP contribution is -2.60. The number of rotatable bonds is 7. The second-order valence-corrected chi connectivity index (χ2v) is 3.17. The lowest BCUT2D eigenvalue weighted by molar-refractivity contribution is -0.477. The quantitative estimate of drug-likeness (QED) is 0.298. The van der Waals surface area contributed by atoms with Gasteiger partial charge in [0, 0.05) is 7.11 Å². The van der Waals surface area contributed by atoms with Gasteiger partial charge in [-0.25, -0.2) is 0 Å². The molecule has 1 unspecified atom stereocenters. The minimum absolute atomic E-state index is 0.0642. The molecule has 2 bridgehead atoms. The summed E-state index contributed by atoms with van der Waals surface area (Å²) in [5.74, 6) is -3.80. The van der Waals surface area contributed by atoms with Gasteiger partial charge in [-0.15, -0.1) is 0 Å². The maximum absolute atomic E-state index is 9.76. The number of hydrogen-bond donors (Lipinski definition) is 2.